The number of rotatable bonds is 5. The highest BCUT2D eigenvalue weighted by Crippen LogP contribution is 2.20. The zero-order valence-electron chi connectivity index (χ0n) is 17.2. The molecular formula is C24H24N6O. The van der Waals surface area contributed by atoms with Gasteiger partial charge in [0, 0.05) is 49.1 Å². The van der Waals surface area contributed by atoms with Crippen LogP contribution in [0.15, 0.2) is 71.8 Å². The molecule has 0 radical (unpaired) electrons. The Morgan fingerprint density at radius 3 is 2.61 bits per heavy atom. The van der Waals surface area contributed by atoms with E-state index in [0.29, 0.717) is 18.1 Å². The molecule has 31 heavy (non-hydrogen) atoms. The minimum absolute atomic E-state index is 0.0682. The van der Waals surface area contributed by atoms with E-state index < -0.39 is 0 Å². The molecule has 3 N–H and O–H groups in total. The van der Waals surface area contributed by atoms with Gasteiger partial charge in [0.05, 0.1) is 24.0 Å². The fraction of sp³-hybridized carbons (Fsp3) is 0.208. The molecule has 156 valence electrons. The third-order valence-electron chi connectivity index (χ3n) is 5.61. The highest BCUT2D eigenvalue weighted by atomic mass is 16.1. The maximum Gasteiger partial charge on any atom is 0.255 e. The molecule has 0 fully saturated rings. The van der Waals surface area contributed by atoms with Gasteiger partial charge in [-0.15, -0.1) is 0 Å². The van der Waals surface area contributed by atoms with Crippen LogP contribution < -0.4 is 11.3 Å². The van der Waals surface area contributed by atoms with Crippen LogP contribution in [0.1, 0.15) is 22.4 Å². The Labute approximate surface area is 180 Å². The summed E-state index contributed by atoms with van der Waals surface area (Å²) in [6.45, 7) is 2.95. The molecule has 0 bridgehead atoms. The van der Waals surface area contributed by atoms with E-state index >= 15 is 0 Å². The average Bonchev–Trinajstić information content (AvgIpc) is 3.22. The van der Waals surface area contributed by atoms with Gasteiger partial charge in [-0.3, -0.25) is 14.4 Å². The summed E-state index contributed by atoms with van der Waals surface area (Å²) in [4.78, 5) is 22.7. The Morgan fingerprint density at radius 1 is 1.00 bits per heavy atom. The van der Waals surface area contributed by atoms with E-state index in [1.54, 1.807) is 0 Å². The predicted octanol–water partition coefficient (Wildman–Crippen LogP) is 2.82. The third kappa shape index (κ3) is 4.27. The Hall–Kier alpha value is -3.71. The monoisotopic (exact) mass is 412 g/mol. The van der Waals surface area contributed by atoms with Gasteiger partial charge in [0.2, 0.25) is 0 Å². The Bertz CT molecular complexity index is 1240. The SMILES string of the molecule is Nc1ccc(-c2nc3c(c(=O)[nH]2)CN(Cc2cnn(Cc4ccccc4)c2)CC3)cc1. The van der Waals surface area contributed by atoms with Gasteiger partial charge in [-0.25, -0.2) is 4.98 Å². The molecule has 0 saturated carbocycles. The standard InChI is InChI=1S/C24H24N6O/c25-20-8-6-19(7-9-20)23-27-22-10-11-29(16-21(22)24(31)28-23)13-18-12-26-30(15-18)14-17-4-2-1-3-5-17/h1-9,12,15H,10-11,13-14,16,25H2,(H,27,28,31). The summed E-state index contributed by atoms with van der Waals surface area (Å²) >= 11 is 0. The molecular weight excluding hydrogens is 388 g/mol. The van der Waals surface area contributed by atoms with Crippen molar-refractivity contribution in [3.05, 3.63) is 99.7 Å². The molecule has 1 aliphatic rings. The molecule has 2 aromatic heterocycles. The number of aromatic amines is 1. The molecule has 0 saturated heterocycles. The van der Waals surface area contributed by atoms with E-state index in [9.17, 15) is 4.79 Å². The smallest absolute Gasteiger partial charge is 0.255 e. The Morgan fingerprint density at radius 2 is 1.81 bits per heavy atom. The lowest BCUT2D eigenvalue weighted by Gasteiger charge is -2.27. The van der Waals surface area contributed by atoms with Crippen LogP contribution in [0.2, 0.25) is 0 Å². The molecule has 5 rings (SSSR count). The molecule has 4 aromatic rings. The van der Waals surface area contributed by atoms with Crippen molar-refractivity contribution in [2.45, 2.75) is 26.1 Å². The van der Waals surface area contributed by atoms with Crippen LogP contribution >= 0.6 is 0 Å². The number of fused-ring (bicyclic) bond motifs is 1. The van der Waals surface area contributed by atoms with Gasteiger partial charge in [0.25, 0.3) is 5.56 Å². The van der Waals surface area contributed by atoms with Crippen molar-refractivity contribution in [3.63, 3.8) is 0 Å². The van der Waals surface area contributed by atoms with Crippen molar-refractivity contribution < 1.29 is 0 Å². The number of aromatic nitrogens is 4. The average molecular weight is 412 g/mol. The highest BCUT2D eigenvalue weighted by molar-refractivity contribution is 5.58. The van der Waals surface area contributed by atoms with Gasteiger partial charge in [0.1, 0.15) is 5.82 Å². The summed E-state index contributed by atoms with van der Waals surface area (Å²) in [5.41, 5.74) is 11.2. The number of nitrogen functional groups attached to an aromatic ring is 1. The lowest BCUT2D eigenvalue weighted by Crippen LogP contribution is -2.35. The molecule has 3 heterocycles. The Balaban J connectivity index is 1.29. The largest absolute Gasteiger partial charge is 0.399 e. The van der Waals surface area contributed by atoms with Crippen molar-refractivity contribution in [1.29, 1.82) is 0 Å². The van der Waals surface area contributed by atoms with Gasteiger partial charge in [0.15, 0.2) is 0 Å². The molecule has 1 aliphatic heterocycles. The number of nitrogens with two attached hydrogens (primary N) is 1. The summed E-state index contributed by atoms with van der Waals surface area (Å²) in [6, 6.07) is 17.7. The molecule has 0 unspecified atom stereocenters. The maximum absolute atomic E-state index is 12.8. The van der Waals surface area contributed by atoms with Gasteiger partial charge >= 0.3 is 0 Å². The van der Waals surface area contributed by atoms with Gasteiger partial charge < -0.3 is 10.7 Å². The van der Waals surface area contributed by atoms with Crippen molar-refractivity contribution >= 4 is 5.69 Å². The molecule has 0 aliphatic carbocycles. The second kappa shape index (κ2) is 8.20. The third-order valence-corrected chi connectivity index (χ3v) is 5.61. The molecule has 7 heteroatoms. The van der Waals surface area contributed by atoms with Crippen molar-refractivity contribution in [2.24, 2.45) is 0 Å². The first-order valence-corrected chi connectivity index (χ1v) is 10.4. The van der Waals surface area contributed by atoms with Crippen molar-refractivity contribution in [3.8, 4) is 11.4 Å². The lowest BCUT2D eigenvalue weighted by molar-refractivity contribution is 0.242. The normalized spacial score (nSPS) is 13.8. The summed E-state index contributed by atoms with van der Waals surface area (Å²) < 4.78 is 1.95. The molecule has 0 amide bonds. The van der Waals surface area contributed by atoms with E-state index in [1.807, 2.05) is 53.3 Å². The van der Waals surface area contributed by atoms with Crippen molar-refractivity contribution in [1.82, 2.24) is 24.6 Å². The van der Waals surface area contributed by atoms with Gasteiger partial charge in [-0.1, -0.05) is 30.3 Å². The number of anilines is 1. The number of H-pyrrole nitrogens is 1. The summed E-state index contributed by atoms with van der Waals surface area (Å²) in [6.07, 6.45) is 4.74. The second-order valence-corrected chi connectivity index (χ2v) is 7.95. The first-order chi connectivity index (χ1) is 15.1. The number of benzene rings is 2. The molecule has 0 atom stereocenters. The second-order valence-electron chi connectivity index (χ2n) is 7.95. The lowest BCUT2D eigenvalue weighted by atomic mass is 10.1. The number of nitrogens with one attached hydrogen (secondary N) is 1. The number of hydrogen-bond donors (Lipinski definition) is 2. The summed E-state index contributed by atoms with van der Waals surface area (Å²) in [5.74, 6) is 0.597. The van der Waals surface area contributed by atoms with E-state index in [2.05, 4.69) is 33.3 Å². The summed E-state index contributed by atoms with van der Waals surface area (Å²) in [7, 11) is 0. The molecule has 7 nitrogen and oxygen atoms in total. The molecule has 0 spiro atoms. The van der Waals surface area contributed by atoms with Gasteiger partial charge in [-0.2, -0.15) is 5.10 Å². The minimum atomic E-state index is -0.0682. The van der Waals surface area contributed by atoms with E-state index in [4.69, 9.17) is 10.7 Å². The fourth-order valence-corrected chi connectivity index (χ4v) is 4.00. The van der Waals surface area contributed by atoms with Crippen LogP contribution in [0.25, 0.3) is 11.4 Å². The van der Waals surface area contributed by atoms with Crippen LogP contribution in [0.5, 0.6) is 0 Å². The van der Waals surface area contributed by atoms with Crippen LogP contribution in [0, 0.1) is 0 Å². The first kappa shape index (κ1) is 19.3. The van der Waals surface area contributed by atoms with Crippen LogP contribution in [0.3, 0.4) is 0 Å². The zero-order valence-corrected chi connectivity index (χ0v) is 17.2. The number of nitrogens with zero attached hydrogens (tertiary/aromatic N) is 4. The van der Waals surface area contributed by atoms with E-state index in [-0.39, 0.29) is 5.56 Å². The highest BCUT2D eigenvalue weighted by Gasteiger charge is 2.22. The van der Waals surface area contributed by atoms with Crippen LogP contribution in [-0.2, 0) is 26.1 Å². The van der Waals surface area contributed by atoms with Crippen LogP contribution in [-0.4, -0.2) is 31.2 Å². The topological polar surface area (TPSA) is 92.8 Å². The van der Waals surface area contributed by atoms with E-state index in [1.165, 1.54) is 5.56 Å². The quantitative estimate of drug-likeness (QED) is 0.492. The first-order valence-electron chi connectivity index (χ1n) is 10.4. The van der Waals surface area contributed by atoms with Crippen LogP contribution in [0.4, 0.5) is 5.69 Å². The maximum atomic E-state index is 12.8. The minimum Gasteiger partial charge on any atom is -0.399 e. The molecule has 2 aromatic carbocycles. The van der Waals surface area contributed by atoms with Crippen molar-refractivity contribution in [2.75, 3.05) is 12.3 Å². The number of hydrogen-bond acceptors (Lipinski definition) is 5. The fourth-order valence-electron chi connectivity index (χ4n) is 4.00. The zero-order chi connectivity index (χ0) is 21.2. The predicted molar refractivity (Wildman–Crippen MR) is 120 cm³/mol. The van der Waals surface area contributed by atoms with E-state index in [0.717, 1.165) is 48.4 Å². The van der Waals surface area contributed by atoms with Gasteiger partial charge in [-0.05, 0) is 29.8 Å². The summed E-state index contributed by atoms with van der Waals surface area (Å²) in [5, 5.41) is 4.49. The Kier molecular flexibility index (Phi) is 5.09.